The number of hydrogen-bond acceptors (Lipinski definition) is 5. The highest BCUT2D eigenvalue weighted by atomic mass is 35.5. The number of aliphatic hydroxyl groups excluding tert-OH is 1. The number of aromatic nitrogens is 1. The maximum Gasteiger partial charge on any atom is 0.254 e. The van der Waals surface area contributed by atoms with Crippen molar-refractivity contribution >= 4 is 40.8 Å². The third-order valence-electron chi connectivity index (χ3n) is 5.31. The number of benzene rings is 1. The van der Waals surface area contributed by atoms with Crippen LogP contribution in [0.3, 0.4) is 0 Å². The van der Waals surface area contributed by atoms with Gasteiger partial charge in [-0.2, -0.15) is 0 Å². The normalized spacial score (nSPS) is 24.5. The van der Waals surface area contributed by atoms with E-state index < -0.39 is 23.1 Å². The molecule has 0 spiro atoms. The van der Waals surface area contributed by atoms with Crippen molar-refractivity contribution in [3.63, 3.8) is 0 Å². The Morgan fingerprint density at radius 2 is 2.21 bits per heavy atom. The molecule has 9 heteroatoms. The van der Waals surface area contributed by atoms with Gasteiger partial charge in [0.15, 0.2) is 5.67 Å². The van der Waals surface area contributed by atoms with Gasteiger partial charge in [-0.3, -0.25) is 9.78 Å². The number of carbonyl (C=O) groups excluding carboxylic acids is 1. The second kappa shape index (κ2) is 10.00. The number of nitrogens with one attached hydrogen (secondary N) is 1. The van der Waals surface area contributed by atoms with E-state index in [1.807, 2.05) is 24.0 Å². The van der Waals surface area contributed by atoms with E-state index in [1.54, 1.807) is 24.4 Å². The summed E-state index contributed by atoms with van der Waals surface area (Å²) in [5, 5.41) is 11.7. The van der Waals surface area contributed by atoms with Gasteiger partial charge in [-0.1, -0.05) is 25.1 Å². The first-order chi connectivity index (χ1) is 13.3. The molecular weight excluding hydrogens is 418 g/mol. The summed E-state index contributed by atoms with van der Waals surface area (Å²) in [6, 6.07) is 8.89. The maximum absolute atomic E-state index is 15.6. The molecule has 2 aromatic rings. The van der Waals surface area contributed by atoms with Gasteiger partial charge in [0.05, 0.1) is 16.5 Å². The summed E-state index contributed by atoms with van der Waals surface area (Å²) in [6.45, 7) is 3.40. The molecule has 1 aliphatic heterocycles. The minimum atomic E-state index is -1.92. The number of aliphatic hydroxyl groups is 1. The second-order valence-electron chi connectivity index (χ2n) is 7.52. The summed E-state index contributed by atoms with van der Waals surface area (Å²) in [4.78, 5) is 19.0. The SMILES string of the molecule is CC(CO)CN1CCC(F)(C(N)NC(=O)c2cccc3cccnc23)C(Cl)C1.Cl. The topological polar surface area (TPSA) is 91.5 Å². The minimum absolute atomic E-state index is 0. The Kier molecular flexibility index (Phi) is 8.19. The lowest BCUT2D eigenvalue weighted by Crippen LogP contribution is -2.65. The highest BCUT2D eigenvalue weighted by Crippen LogP contribution is 2.33. The quantitative estimate of drug-likeness (QED) is 0.469. The van der Waals surface area contributed by atoms with Gasteiger partial charge >= 0.3 is 0 Å². The summed E-state index contributed by atoms with van der Waals surface area (Å²) >= 11 is 6.34. The molecule has 4 atom stereocenters. The Hall–Kier alpha value is -1.51. The molecule has 1 aliphatic rings. The average molecular weight is 445 g/mol. The van der Waals surface area contributed by atoms with Gasteiger partial charge in [0.2, 0.25) is 0 Å². The fraction of sp³-hybridized carbons (Fsp3) is 0.500. The van der Waals surface area contributed by atoms with Gasteiger partial charge in [0.25, 0.3) is 5.91 Å². The number of fused-ring (bicyclic) bond motifs is 1. The molecule has 4 unspecified atom stereocenters. The zero-order chi connectivity index (χ0) is 20.3. The maximum atomic E-state index is 15.6. The standard InChI is InChI=1S/C20H26ClFN4O2.ClH/c1-13(12-27)10-26-9-7-20(22,16(21)11-26)19(23)25-18(28)15-6-2-4-14-5-3-8-24-17(14)15;/h2-6,8,13,16,19,27H,7,9-12,23H2,1H3,(H,25,28);1H. The molecule has 1 fully saturated rings. The zero-order valence-corrected chi connectivity index (χ0v) is 17.8. The van der Waals surface area contributed by atoms with E-state index in [0.29, 0.717) is 30.7 Å². The molecule has 1 aromatic heterocycles. The number of likely N-dealkylation sites (tertiary alicyclic amines) is 1. The average Bonchev–Trinajstić information content (AvgIpc) is 2.70. The summed E-state index contributed by atoms with van der Waals surface area (Å²) in [6.07, 6.45) is 0.473. The number of carbonyl (C=O) groups is 1. The van der Waals surface area contributed by atoms with Crippen molar-refractivity contribution in [1.82, 2.24) is 15.2 Å². The van der Waals surface area contributed by atoms with E-state index in [2.05, 4.69) is 10.3 Å². The third-order valence-corrected chi connectivity index (χ3v) is 5.81. The molecule has 0 bridgehead atoms. The minimum Gasteiger partial charge on any atom is -0.396 e. The fourth-order valence-corrected chi connectivity index (χ4v) is 4.04. The summed E-state index contributed by atoms with van der Waals surface area (Å²) < 4.78 is 15.6. The van der Waals surface area contributed by atoms with E-state index in [0.717, 1.165) is 5.39 Å². The molecule has 0 aliphatic carbocycles. The smallest absolute Gasteiger partial charge is 0.254 e. The number of pyridine rings is 1. The largest absolute Gasteiger partial charge is 0.396 e. The van der Waals surface area contributed by atoms with Crippen LogP contribution in [0.15, 0.2) is 36.5 Å². The monoisotopic (exact) mass is 444 g/mol. The second-order valence-corrected chi connectivity index (χ2v) is 8.05. The van der Waals surface area contributed by atoms with Crippen LogP contribution in [-0.2, 0) is 0 Å². The third kappa shape index (κ3) is 5.16. The van der Waals surface area contributed by atoms with E-state index >= 15 is 4.39 Å². The first-order valence-electron chi connectivity index (χ1n) is 9.41. The molecule has 160 valence electrons. The Labute approximate surface area is 181 Å². The van der Waals surface area contributed by atoms with Crippen molar-refractivity contribution in [3.8, 4) is 0 Å². The summed E-state index contributed by atoms with van der Waals surface area (Å²) in [5.41, 5.74) is 5.02. The van der Waals surface area contributed by atoms with E-state index in [1.165, 1.54) is 0 Å². The lowest BCUT2D eigenvalue weighted by Gasteiger charge is -2.43. The number of amides is 1. The van der Waals surface area contributed by atoms with Gasteiger partial charge in [-0.25, -0.2) is 4.39 Å². The first-order valence-corrected chi connectivity index (χ1v) is 9.85. The Bertz CT molecular complexity index is 838. The van der Waals surface area contributed by atoms with Gasteiger partial charge in [0, 0.05) is 37.8 Å². The number of halogens is 3. The fourth-order valence-electron chi connectivity index (χ4n) is 3.60. The molecule has 1 saturated heterocycles. The molecule has 1 amide bonds. The van der Waals surface area contributed by atoms with E-state index in [9.17, 15) is 9.90 Å². The molecule has 0 saturated carbocycles. The van der Waals surface area contributed by atoms with Crippen molar-refractivity contribution in [2.75, 3.05) is 26.2 Å². The number of piperidine rings is 1. The van der Waals surface area contributed by atoms with Crippen LogP contribution in [0, 0.1) is 5.92 Å². The Morgan fingerprint density at radius 3 is 2.90 bits per heavy atom. The zero-order valence-electron chi connectivity index (χ0n) is 16.2. The lowest BCUT2D eigenvalue weighted by molar-refractivity contribution is 0.0229. The van der Waals surface area contributed by atoms with Crippen LogP contribution >= 0.6 is 24.0 Å². The molecular formula is C20H27Cl2FN4O2. The van der Waals surface area contributed by atoms with Crippen LogP contribution in [0.4, 0.5) is 4.39 Å². The van der Waals surface area contributed by atoms with Crippen LogP contribution in [-0.4, -0.2) is 64.4 Å². The van der Waals surface area contributed by atoms with Crippen LogP contribution in [0.25, 0.3) is 10.9 Å². The molecule has 4 N–H and O–H groups in total. The highest BCUT2D eigenvalue weighted by molar-refractivity contribution is 6.21. The number of nitrogens with zero attached hydrogens (tertiary/aromatic N) is 2. The molecule has 0 radical (unpaired) electrons. The Balaban J connectivity index is 0.00000300. The molecule has 3 rings (SSSR count). The summed E-state index contributed by atoms with van der Waals surface area (Å²) in [7, 11) is 0. The van der Waals surface area contributed by atoms with Crippen molar-refractivity contribution in [2.45, 2.75) is 30.6 Å². The Morgan fingerprint density at radius 1 is 1.48 bits per heavy atom. The molecule has 1 aromatic carbocycles. The molecule has 6 nitrogen and oxygen atoms in total. The number of rotatable bonds is 6. The lowest BCUT2D eigenvalue weighted by atomic mass is 9.89. The van der Waals surface area contributed by atoms with Gasteiger partial charge < -0.3 is 21.1 Å². The summed E-state index contributed by atoms with van der Waals surface area (Å²) in [5.74, 6) is -0.391. The van der Waals surface area contributed by atoms with Crippen LogP contribution in [0.2, 0.25) is 0 Å². The molecule has 2 heterocycles. The van der Waals surface area contributed by atoms with Gasteiger partial charge in [-0.15, -0.1) is 24.0 Å². The predicted molar refractivity (Wildman–Crippen MR) is 115 cm³/mol. The van der Waals surface area contributed by atoms with Crippen LogP contribution < -0.4 is 11.1 Å². The van der Waals surface area contributed by atoms with Crippen LogP contribution in [0.1, 0.15) is 23.7 Å². The van der Waals surface area contributed by atoms with Crippen molar-refractivity contribution < 1.29 is 14.3 Å². The van der Waals surface area contributed by atoms with Crippen molar-refractivity contribution in [3.05, 3.63) is 42.1 Å². The van der Waals surface area contributed by atoms with Crippen molar-refractivity contribution in [2.24, 2.45) is 11.7 Å². The number of alkyl halides is 2. The van der Waals surface area contributed by atoms with Crippen molar-refractivity contribution in [1.29, 1.82) is 0 Å². The number of para-hydroxylation sites is 1. The number of nitrogens with two attached hydrogens (primary N) is 1. The van der Waals surface area contributed by atoms with E-state index in [4.69, 9.17) is 17.3 Å². The predicted octanol–water partition coefficient (Wildman–Crippen LogP) is 2.32. The van der Waals surface area contributed by atoms with Gasteiger partial charge in [0.1, 0.15) is 6.17 Å². The van der Waals surface area contributed by atoms with Gasteiger partial charge in [-0.05, 0) is 24.5 Å². The molecule has 29 heavy (non-hydrogen) atoms. The highest BCUT2D eigenvalue weighted by Gasteiger charge is 2.48. The van der Waals surface area contributed by atoms with Crippen LogP contribution in [0.5, 0.6) is 0 Å². The first kappa shape index (κ1) is 23.8. The number of hydrogen-bond donors (Lipinski definition) is 3. The van der Waals surface area contributed by atoms with E-state index in [-0.39, 0.29) is 31.4 Å².